The van der Waals surface area contributed by atoms with Gasteiger partial charge in [0.25, 0.3) is 0 Å². The molecule has 5 heteroatoms. The van der Waals surface area contributed by atoms with E-state index in [9.17, 15) is 0 Å². The third-order valence-corrected chi connectivity index (χ3v) is 2.13. The molecule has 0 atom stereocenters. The first-order valence-electron chi connectivity index (χ1n) is 5.53. The molecule has 92 valence electrons. The van der Waals surface area contributed by atoms with E-state index in [1.807, 2.05) is 24.3 Å². The Morgan fingerprint density at radius 2 is 2.18 bits per heavy atom. The van der Waals surface area contributed by atoms with Crippen molar-refractivity contribution in [3.8, 4) is 5.75 Å². The second-order valence-corrected chi connectivity index (χ2v) is 3.95. The molecule has 17 heavy (non-hydrogen) atoms. The topological polar surface area (TPSA) is 59.6 Å². The molecule has 1 aromatic rings. The molecular weight excluding hydrogens is 234 g/mol. The summed E-state index contributed by atoms with van der Waals surface area (Å²) >= 11 is 4.62. The Bertz CT molecular complexity index is 376. The molecule has 0 aromatic heterocycles. The standard InChI is InChI=1S/C12H17N3OS/c1-2-3-8-16-11-6-4-10(5-7-11)9-14-15-12(13)17/h4-7,9H,2-3,8H2,1H3,(H3,13,15,17). The molecule has 0 bridgehead atoms. The van der Waals surface area contributed by atoms with Gasteiger partial charge in [-0.1, -0.05) is 13.3 Å². The van der Waals surface area contributed by atoms with E-state index in [4.69, 9.17) is 10.5 Å². The molecule has 0 aliphatic rings. The Morgan fingerprint density at radius 1 is 1.47 bits per heavy atom. The summed E-state index contributed by atoms with van der Waals surface area (Å²) in [6, 6.07) is 7.67. The summed E-state index contributed by atoms with van der Waals surface area (Å²) in [6.07, 6.45) is 3.85. The Hall–Kier alpha value is -1.62. The van der Waals surface area contributed by atoms with Crippen molar-refractivity contribution in [2.45, 2.75) is 19.8 Å². The molecule has 0 fully saturated rings. The van der Waals surface area contributed by atoms with Gasteiger partial charge in [0.1, 0.15) is 5.75 Å². The molecule has 0 unspecified atom stereocenters. The Morgan fingerprint density at radius 3 is 2.76 bits per heavy atom. The highest BCUT2D eigenvalue weighted by Gasteiger charge is 1.93. The summed E-state index contributed by atoms with van der Waals surface area (Å²) in [5, 5.41) is 4.02. The first kappa shape index (κ1) is 13.4. The van der Waals surface area contributed by atoms with Crippen molar-refractivity contribution in [2.75, 3.05) is 6.61 Å². The summed E-state index contributed by atoms with van der Waals surface area (Å²) in [4.78, 5) is 0. The van der Waals surface area contributed by atoms with Crippen molar-refractivity contribution in [2.24, 2.45) is 10.8 Å². The lowest BCUT2D eigenvalue weighted by Crippen LogP contribution is -2.23. The van der Waals surface area contributed by atoms with Crippen molar-refractivity contribution >= 4 is 23.5 Å². The van der Waals surface area contributed by atoms with Crippen LogP contribution in [0.15, 0.2) is 29.4 Å². The minimum Gasteiger partial charge on any atom is -0.494 e. The van der Waals surface area contributed by atoms with Gasteiger partial charge in [0.2, 0.25) is 0 Å². The van der Waals surface area contributed by atoms with Crippen LogP contribution in [-0.4, -0.2) is 17.9 Å². The average Bonchev–Trinajstić information content (AvgIpc) is 2.31. The van der Waals surface area contributed by atoms with E-state index in [2.05, 4.69) is 29.7 Å². The molecule has 0 radical (unpaired) electrons. The van der Waals surface area contributed by atoms with E-state index in [1.165, 1.54) is 0 Å². The average molecular weight is 251 g/mol. The third kappa shape index (κ3) is 5.87. The normalized spacial score (nSPS) is 10.4. The molecule has 0 heterocycles. The molecule has 0 saturated carbocycles. The second-order valence-electron chi connectivity index (χ2n) is 3.51. The van der Waals surface area contributed by atoms with Gasteiger partial charge in [-0.2, -0.15) is 5.10 Å². The first-order chi connectivity index (χ1) is 8.22. The maximum absolute atomic E-state index is 5.54. The first-order valence-corrected chi connectivity index (χ1v) is 5.94. The van der Waals surface area contributed by atoms with Crippen molar-refractivity contribution in [3.63, 3.8) is 0 Å². The summed E-state index contributed by atoms with van der Waals surface area (Å²) < 4.78 is 5.54. The number of nitrogens with one attached hydrogen (secondary N) is 1. The molecule has 0 aliphatic heterocycles. The molecule has 0 spiro atoms. The van der Waals surface area contributed by atoms with Crippen molar-refractivity contribution in [1.82, 2.24) is 5.43 Å². The maximum Gasteiger partial charge on any atom is 0.184 e. The monoisotopic (exact) mass is 251 g/mol. The number of thiocarbonyl (C=S) groups is 1. The van der Waals surface area contributed by atoms with E-state index >= 15 is 0 Å². The number of benzene rings is 1. The molecule has 0 amide bonds. The van der Waals surface area contributed by atoms with E-state index in [-0.39, 0.29) is 5.11 Å². The third-order valence-electron chi connectivity index (χ3n) is 2.04. The molecule has 0 saturated heterocycles. The minimum absolute atomic E-state index is 0.153. The van der Waals surface area contributed by atoms with Crippen LogP contribution in [0.3, 0.4) is 0 Å². The van der Waals surface area contributed by atoms with Crippen molar-refractivity contribution in [3.05, 3.63) is 29.8 Å². The molecule has 4 nitrogen and oxygen atoms in total. The van der Waals surface area contributed by atoms with Crippen LogP contribution in [0.4, 0.5) is 0 Å². The van der Waals surface area contributed by atoms with Crippen LogP contribution in [0, 0.1) is 0 Å². The van der Waals surface area contributed by atoms with Crippen molar-refractivity contribution < 1.29 is 4.74 Å². The van der Waals surface area contributed by atoms with Crippen LogP contribution in [0.2, 0.25) is 0 Å². The summed E-state index contributed by atoms with van der Waals surface area (Å²) in [6.45, 7) is 2.89. The van der Waals surface area contributed by atoms with Gasteiger partial charge in [-0.3, -0.25) is 5.43 Å². The molecule has 1 rings (SSSR count). The van der Waals surface area contributed by atoms with Gasteiger partial charge in [0.05, 0.1) is 12.8 Å². The zero-order chi connectivity index (χ0) is 12.5. The number of nitrogens with zero attached hydrogens (tertiary/aromatic N) is 1. The predicted molar refractivity (Wildman–Crippen MR) is 74.4 cm³/mol. The van der Waals surface area contributed by atoms with Crippen LogP contribution in [0.25, 0.3) is 0 Å². The maximum atomic E-state index is 5.54. The predicted octanol–water partition coefficient (Wildman–Crippen LogP) is 2.03. The SMILES string of the molecule is CCCCOc1ccc(C=NNC(N)=S)cc1. The number of unbranched alkanes of at least 4 members (excludes halogenated alkanes) is 1. The zero-order valence-electron chi connectivity index (χ0n) is 9.85. The molecular formula is C12H17N3OS. The van der Waals surface area contributed by atoms with Crippen LogP contribution in [-0.2, 0) is 0 Å². The van der Waals surface area contributed by atoms with Gasteiger partial charge in [-0.05, 0) is 48.5 Å². The van der Waals surface area contributed by atoms with Gasteiger partial charge in [-0.15, -0.1) is 0 Å². The summed E-state index contributed by atoms with van der Waals surface area (Å²) in [5.74, 6) is 0.873. The summed E-state index contributed by atoms with van der Waals surface area (Å²) in [7, 11) is 0. The van der Waals surface area contributed by atoms with Gasteiger partial charge in [0.15, 0.2) is 5.11 Å². The van der Waals surface area contributed by atoms with E-state index in [0.717, 1.165) is 30.8 Å². The number of hydrazone groups is 1. The van der Waals surface area contributed by atoms with Crippen LogP contribution < -0.4 is 15.9 Å². The van der Waals surface area contributed by atoms with Gasteiger partial charge in [-0.25, -0.2) is 0 Å². The largest absolute Gasteiger partial charge is 0.494 e. The number of hydrogen-bond acceptors (Lipinski definition) is 3. The van der Waals surface area contributed by atoms with E-state index in [1.54, 1.807) is 6.21 Å². The fraction of sp³-hybridized carbons (Fsp3) is 0.333. The minimum atomic E-state index is 0.153. The van der Waals surface area contributed by atoms with Gasteiger partial charge < -0.3 is 10.5 Å². The quantitative estimate of drug-likeness (QED) is 0.351. The smallest absolute Gasteiger partial charge is 0.184 e. The lowest BCUT2D eigenvalue weighted by atomic mass is 10.2. The fourth-order valence-corrected chi connectivity index (χ4v) is 1.21. The molecule has 3 N–H and O–H groups in total. The van der Waals surface area contributed by atoms with Crippen LogP contribution in [0.1, 0.15) is 25.3 Å². The highest BCUT2D eigenvalue weighted by atomic mass is 32.1. The number of ether oxygens (including phenoxy) is 1. The van der Waals surface area contributed by atoms with Gasteiger partial charge in [0, 0.05) is 0 Å². The number of rotatable bonds is 6. The highest BCUT2D eigenvalue weighted by molar-refractivity contribution is 7.80. The Kier molecular flexibility index (Phi) is 6.03. The fourth-order valence-electron chi connectivity index (χ4n) is 1.15. The Balaban J connectivity index is 2.44. The summed E-state index contributed by atoms with van der Waals surface area (Å²) in [5.41, 5.74) is 8.69. The lowest BCUT2D eigenvalue weighted by molar-refractivity contribution is 0.309. The molecule has 1 aromatic carbocycles. The highest BCUT2D eigenvalue weighted by Crippen LogP contribution is 2.11. The second kappa shape index (κ2) is 7.62. The number of hydrogen-bond donors (Lipinski definition) is 2. The van der Waals surface area contributed by atoms with Crippen molar-refractivity contribution in [1.29, 1.82) is 0 Å². The number of nitrogens with two attached hydrogens (primary N) is 1. The Labute approximate surface area is 107 Å². The van der Waals surface area contributed by atoms with Crippen LogP contribution >= 0.6 is 12.2 Å². The lowest BCUT2D eigenvalue weighted by Gasteiger charge is -2.04. The van der Waals surface area contributed by atoms with Gasteiger partial charge >= 0.3 is 0 Å². The van der Waals surface area contributed by atoms with E-state index < -0.39 is 0 Å². The zero-order valence-corrected chi connectivity index (χ0v) is 10.7. The molecule has 0 aliphatic carbocycles. The van der Waals surface area contributed by atoms with Crippen LogP contribution in [0.5, 0.6) is 5.75 Å². The van der Waals surface area contributed by atoms with E-state index in [0.29, 0.717) is 0 Å².